The number of ether oxygens (including phenoxy) is 1. The van der Waals surface area contributed by atoms with Crippen LogP contribution in [0.5, 0.6) is 11.5 Å². The van der Waals surface area contributed by atoms with Crippen molar-refractivity contribution in [1.82, 2.24) is 5.32 Å². The van der Waals surface area contributed by atoms with Gasteiger partial charge in [-0.2, -0.15) is 11.8 Å². The third-order valence-electron chi connectivity index (χ3n) is 2.67. The largest absolute Gasteiger partial charge is 0.504 e. The van der Waals surface area contributed by atoms with Crippen LogP contribution < -0.4 is 10.1 Å². The number of benzene rings is 1. The zero-order valence-corrected chi connectivity index (χ0v) is 11.9. The van der Waals surface area contributed by atoms with Crippen LogP contribution in [-0.4, -0.2) is 35.7 Å². The van der Waals surface area contributed by atoms with E-state index < -0.39 is 0 Å². The first-order valence-electron chi connectivity index (χ1n) is 5.60. The van der Waals surface area contributed by atoms with E-state index in [0.29, 0.717) is 17.9 Å². The summed E-state index contributed by atoms with van der Waals surface area (Å²) in [6.07, 6.45) is 2.01. The predicted molar refractivity (Wildman–Crippen MR) is 74.6 cm³/mol. The van der Waals surface area contributed by atoms with Gasteiger partial charge in [-0.05, 0) is 38.3 Å². The van der Waals surface area contributed by atoms with Gasteiger partial charge in [0, 0.05) is 16.9 Å². The molecule has 1 amide bonds. The average molecular weight is 269 g/mol. The lowest BCUT2D eigenvalue weighted by molar-refractivity contribution is 0.0950. The third-order valence-corrected chi connectivity index (χ3v) is 3.92. The van der Waals surface area contributed by atoms with E-state index in [0.717, 1.165) is 0 Å². The van der Waals surface area contributed by atoms with Crippen molar-refractivity contribution < 1.29 is 14.6 Å². The molecule has 0 bridgehead atoms. The molecule has 0 atom stereocenters. The Bertz CT molecular complexity index is 432. The van der Waals surface area contributed by atoms with Crippen LogP contribution in [0.3, 0.4) is 0 Å². The molecule has 0 spiro atoms. The highest BCUT2D eigenvalue weighted by Crippen LogP contribution is 2.26. The highest BCUT2D eigenvalue weighted by Gasteiger charge is 2.18. The van der Waals surface area contributed by atoms with Gasteiger partial charge >= 0.3 is 0 Å². The van der Waals surface area contributed by atoms with E-state index in [1.54, 1.807) is 23.9 Å². The molecule has 1 aromatic carbocycles. The summed E-state index contributed by atoms with van der Waals surface area (Å²) < 4.78 is 4.92. The molecule has 1 aromatic rings. The minimum absolute atomic E-state index is 0.00975. The molecule has 0 fully saturated rings. The summed E-state index contributed by atoms with van der Waals surface area (Å²) in [5.74, 6) is 0.125. The summed E-state index contributed by atoms with van der Waals surface area (Å²) in [5, 5.41) is 12.4. The van der Waals surface area contributed by atoms with Crippen LogP contribution in [0.4, 0.5) is 0 Å². The average Bonchev–Trinajstić information content (AvgIpc) is 2.36. The topological polar surface area (TPSA) is 58.6 Å². The van der Waals surface area contributed by atoms with Crippen molar-refractivity contribution in [3.8, 4) is 11.5 Å². The van der Waals surface area contributed by atoms with Gasteiger partial charge in [-0.3, -0.25) is 4.79 Å². The molecule has 100 valence electrons. The van der Waals surface area contributed by atoms with Gasteiger partial charge in [-0.25, -0.2) is 0 Å². The standard InChI is InChI=1S/C13H19NO3S/c1-13(2,18-4)8-14-12(16)9-5-6-11(17-3)10(15)7-9/h5-7,15H,8H2,1-4H3,(H,14,16). The smallest absolute Gasteiger partial charge is 0.251 e. The summed E-state index contributed by atoms with van der Waals surface area (Å²) in [6.45, 7) is 4.69. The SMILES string of the molecule is COc1ccc(C(=O)NCC(C)(C)SC)cc1O. The number of aromatic hydroxyl groups is 1. The lowest BCUT2D eigenvalue weighted by Gasteiger charge is -2.22. The number of carbonyl (C=O) groups excluding carboxylic acids is 1. The number of rotatable bonds is 5. The summed E-state index contributed by atoms with van der Waals surface area (Å²) in [4.78, 5) is 11.9. The Morgan fingerprint density at radius 1 is 1.50 bits per heavy atom. The Hall–Kier alpha value is -1.36. The number of hydrogen-bond acceptors (Lipinski definition) is 4. The van der Waals surface area contributed by atoms with Crippen LogP contribution >= 0.6 is 11.8 Å². The van der Waals surface area contributed by atoms with Gasteiger partial charge in [-0.1, -0.05) is 0 Å². The van der Waals surface area contributed by atoms with Gasteiger partial charge in [0.25, 0.3) is 5.91 Å². The molecule has 1 rings (SSSR count). The van der Waals surface area contributed by atoms with Gasteiger partial charge in [0.15, 0.2) is 11.5 Å². The number of nitrogens with one attached hydrogen (secondary N) is 1. The van der Waals surface area contributed by atoms with Crippen LogP contribution in [-0.2, 0) is 0 Å². The maximum Gasteiger partial charge on any atom is 0.251 e. The monoisotopic (exact) mass is 269 g/mol. The lowest BCUT2D eigenvalue weighted by Crippen LogP contribution is -2.36. The summed E-state index contributed by atoms with van der Waals surface area (Å²) in [5.41, 5.74) is 0.421. The quantitative estimate of drug-likeness (QED) is 0.861. The van der Waals surface area contributed by atoms with E-state index in [-0.39, 0.29) is 16.4 Å². The molecule has 5 heteroatoms. The van der Waals surface area contributed by atoms with Crippen molar-refractivity contribution in [3.05, 3.63) is 23.8 Å². The molecule has 0 aromatic heterocycles. The van der Waals surface area contributed by atoms with Crippen molar-refractivity contribution >= 4 is 17.7 Å². The van der Waals surface area contributed by atoms with Crippen LogP contribution in [0.15, 0.2) is 18.2 Å². The fraction of sp³-hybridized carbons (Fsp3) is 0.462. The molecule has 0 aliphatic carbocycles. The lowest BCUT2D eigenvalue weighted by atomic mass is 10.1. The molecule has 0 aliphatic heterocycles. The predicted octanol–water partition coefficient (Wildman–Crippen LogP) is 2.27. The minimum atomic E-state index is -0.199. The zero-order chi connectivity index (χ0) is 13.8. The van der Waals surface area contributed by atoms with Crippen LogP contribution in [0.25, 0.3) is 0 Å². The van der Waals surface area contributed by atoms with Crippen molar-refractivity contribution in [2.45, 2.75) is 18.6 Å². The second kappa shape index (κ2) is 6.00. The van der Waals surface area contributed by atoms with Crippen molar-refractivity contribution in [1.29, 1.82) is 0 Å². The normalized spacial score (nSPS) is 11.1. The number of carbonyl (C=O) groups is 1. The second-order valence-electron chi connectivity index (χ2n) is 4.53. The molecule has 18 heavy (non-hydrogen) atoms. The Balaban J connectivity index is 2.71. The fourth-order valence-corrected chi connectivity index (χ4v) is 1.52. The maximum atomic E-state index is 11.9. The van der Waals surface area contributed by atoms with Crippen molar-refractivity contribution in [3.63, 3.8) is 0 Å². The molecule has 0 heterocycles. The fourth-order valence-electron chi connectivity index (χ4n) is 1.30. The molecular formula is C13H19NO3S. The van der Waals surface area contributed by atoms with Crippen LogP contribution in [0.1, 0.15) is 24.2 Å². The molecule has 0 radical (unpaired) electrons. The van der Waals surface area contributed by atoms with Crippen LogP contribution in [0, 0.1) is 0 Å². The van der Waals surface area contributed by atoms with E-state index in [4.69, 9.17) is 4.74 Å². The van der Waals surface area contributed by atoms with Crippen molar-refractivity contribution in [2.75, 3.05) is 19.9 Å². The van der Waals surface area contributed by atoms with E-state index in [1.165, 1.54) is 13.2 Å². The Kier molecular flexibility index (Phi) is 4.90. The van der Waals surface area contributed by atoms with E-state index in [1.807, 2.05) is 6.26 Å². The first-order chi connectivity index (χ1) is 8.39. The third kappa shape index (κ3) is 3.84. The molecule has 0 aliphatic rings. The Morgan fingerprint density at radius 2 is 2.17 bits per heavy atom. The minimum Gasteiger partial charge on any atom is -0.504 e. The first-order valence-corrected chi connectivity index (χ1v) is 6.82. The first kappa shape index (κ1) is 14.7. The van der Waals surface area contributed by atoms with E-state index in [2.05, 4.69) is 19.2 Å². The zero-order valence-electron chi connectivity index (χ0n) is 11.1. The van der Waals surface area contributed by atoms with Crippen molar-refractivity contribution in [2.24, 2.45) is 0 Å². The van der Waals surface area contributed by atoms with Gasteiger partial charge in [0.2, 0.25) is 0 Å². The summed E-state index contributed by atoms with van der Waals surface area (Å²) in [7, 11) is 1.47. The molecular weight excluding hydrogens is 250 g/mol. The molecule has 2 N–H and O–H groups in total. The van der Waals surface area contributed by atoms with E-state index >= 15 is 0 Å². The number of hydrogen-bond donors (Lipinski definition) is 2. The molecule has 4 nitrogen and oxygen atoms in total. The molecule has 0 unspecified atom stereocenters. The number of phenols is 1. The highest BCUT2D eigenvalue weighted by molar-refractivity contribution is 7.99. The number of methoxy groups -OCH3 is 1. The summed E-state index contributed by atoms with van der Waals surface area (Å²) >= 11 is 1.69. The molecule has 0 saturated heterocycles. The van der Waals surface area contributed by atoms with Gasteiger partial charge in [0.1, 0.15) is 0 Å². The number of thioether (sulfide) groups is 1. The molecule has 0 saturated carbocycles. The number of amides is 1. The van der Waals surface area contributed by atoms with Gasteiger partial charge in [-0.15, -0.1) is 0 Å². The van der Waals surface area contributed by atoms with Gasteiger partial charge in [0.05, 0.1) is 7.11 Å². The van der Waals surface area contributed by atoms with E-state index in [9.17, 15) is 9.90 Å². The Morgan fingerprint density at radius 3 is 2.67 bits per heavy atom. The maximum absolute atomic E-state index is 11.9. The Labute approximate surface area is 112 Å². The van der Waals surface area contributed by atoms with Gasteiger partial charge < -0.3 is 15.2 Å². The van der Waals surface area contributed by atoms with Crippen LogP contribution in [0.2, 0.25) is 0 Å². The summed E-state index contributed by atoms with van der Waals surface area (Å²) in [6, 6.07) is 4.60. The second-order valence-corrected chi connectivity index (χ2v) is 6.05. The highest BCUT2D eigenvalue weighted by atomic mass is 32.2. The number of phenolic OH excluding ortho intramolecular Hbond substituents is 1.